The molecule has 6 heteroatoms. The maximum Gasteiger partial charge on any atom is 0.241 e. The summed E-state index contributed by atoms with van der Waals surface area (Å²) in [5, 5.41) is 5.52. The zero-order valence-electron chi connectivity index (χ0n) is 13.8. The van der Waals surface area contributed by atoms with Gasteiger partial charge in [0.2, 0.25) is 11.8 Å². The fraction of sp³-hybridized carbons (Fsp3) is 0.500. The monoisotopic (exact) mass is 334 g/mol. The van der Waals surface area contributed by atoms with Crippen molar-refractivity contribution in [3.05, 3.63) is 36.5 Å². The highest BCUT2D eigenvalue weighted by atomic mass is 19.1. The maximum absolute atomic E-state index is 13.1. The summed E-state index contributed by atoms with van der Waals surface area (Å²) in [6.45, 7) is 0.113. The van der Waals surface area contributed by atoms with E-state index in [4.69, 9.17) is 5.73 Å². The van der Waals surface area contributed by atoms with Gasteiger partial charge in [-0.15, -0.1) is 0 Å². The minimum Gasteiger partial charge on any atom is -0.382 e. The molecule has 24 heavy (non-hydrogen) atoms. The SMILES string of the molecule is NC(=O)[C@H](CNc1cccc(F)c1)NC(=O)[CH]CC1CCCCC1. The second kappa shape index (κ2) is 9.25. The Morgan fingerprint density at radius 1 is 1.29 bits per heavy atom. The van der Waals surface area contributed by atoms with Crippen molar-refractivity contribution < 1.29 is 14.0 Å². The number of hydrogen-bond acceptors (Lipinski definition) is 3. The Bertz CT molecular complexity index is 559. The molecule has 0 heterocycles. The van der Waals surface area contributed by atoms with Crippen LogP contribution in [0.1, 0.15) is 38.5 Å². The fourth-order valence-electron chi connectivity index (χ4n) is 2.97. The molecule has 2 rings (SSSR count). The van der Waals surface area contributed by atoms with Crippen LogP contribution in [0, 0.1) is 18.2 Å². The van der Waals surface area contributed by atoms with Crippen LogP contribution in [0.5, 0.6) is 0 Å². The van der Waals surface area contributed by atoms with Crippen LogP contribution in [0.2, 0.25) is 0 Å². The normalized spacial score (nSPS) is 16.4. The predicted octanol–water partition coefficient (Wildman–Crippen LogP) is 2.38. The number of hydrogen-bond donors (Lipinski definition) is 3. The van der Waals surface area contributed by atoms with E-state index in [0.29, 0.717) is 11.6 Å². The quantitative estimate of drug-likeness (QED) is 0.682. The number of primary amides is 1. The van der Waals surface area contributed by atoms with Gasteiger partial charge in [-0.1, -0.05) is 38.2 Å². The Kier molecular flexibility index (Phi) is 7.03. The van der Waals surface area contributed by atoms with Crippen LogP contribution in [-0.4, -0.2) is 24.4 Å². The van der Waals surface area contributed by atoms with Gasteiger partial charge in [-0.25, -0.2) is 4.39 Å². The number of halogens is 1. The number of carbonyl (C=O) groups is 2. The standard InChI is InChI=1S/C18H25FN3O2/c19-14-7-4-8-15(11-14)21-12-16(18(20)24)22-17(23)10-9-13-5-2-1-3-6-13/h4,7-8,10-11,13,16,21H,1-3,5-6,9,12H2,(H2,20,24)(H,22,23)/t16-/m0/s1. The Morgan fingerprint density at radius 3 is 2.71 bits per heavy atom. The van der Waals surface area contributed by atoms with Crippen molar-refractivity contribution in [2.45, 2.75) is 44.6 Å². The van der Waals surface area contributed by atoms with Crippen LogP contribution in [0.4, 0.5) is 10.1 Å². The first-order valence-corrected chi connectivity index (χ1v) is 8.47. The first-order chi connectivity index (χ1) is 11.5. The summed E-state index contributed by atoms with van der Waals surface area (Å²) in [5.74, 6) is -0.730. The second-order valence-corrected chi connectivity index (χ2v) is 6.30. The summed E-state index contributed by atoms with van der Waals surface area (Å²) >= 11 is 0. The number of amides is 2. The molecule has 1 atom stereocenters. The molecule has 1 aliphatic carbocycles. The van der Waals surface area contributed by atoms with E-state index in [0.717, 1.165) is 19.3 Å². The second-order valence-electron chi connectivity index (χ2n) is 6.30. The topological polar surface area (TPSA) is 84.2 Å². The van der Waals surface area contributed by atoms with Crippen molar-refractivity contribution in [3.8, 4) is 0 Å². The Labute approximate surface area is 142 Å². The summed E-state index contributed by atoms with van der Waals surface area (Å²) in [4.78, 5) is 23.5. The highest BCUT2D eigenvalue weighted by molar-refractivity contribution is 5.90. The maximum atomic E-state index is 13.1. The average molecular weight is 334 g/mol. The number of benzene rings is 1. The van der Waals surface area contributed by atoms with E-state index in [-0.39, 0.29) is 18.3 Å². The highest BCUT2D eigenvalue weighted by Gasteiger charge is 2.20. The smallest absolute Gasteiger partial charge is 0.241 e. The van der Waals surface area contributed by atoms with Crippen molar-refractivity contribution >= 4 is 17.5 Å². The van der Waals surface area contributed by atoms with Gasteiger partial charge in [0.25, 0.3) is 0 Å². The minimum atomic E-state index is -0.844. The minimum absolute atomic E-state index is 0.113. The van der Waals surface area contributed by atoms with E-state index in [1.54, 1.807) is 18.6 Å². The van der Waals surface area contributed by atoms with Gasteiger partial charge in [-0.2, -0.15) is 0 Å². The first kappa shape index (κ1) is 18.2. The molecule has 0 aliphatic heterocycles. The molecule has 0 aromatic heterocycles. The van der Waals surface area contributed by atoms with Crippen molar-refractivity contribution in [3.63, 3.8) is 0 Å². The third kappa shape index (κ3) is 6.18. The predicted molar refractivity (Wildman–Crippen MR) is 91.5 cm³/mol. The molecular weight excluding hydrogens is 309 g/mol. The summed E-state index contributed by atoms with van der Waals surface area (Å²) < 4.78 is 13.1. The van der Waals surface area contributed by atoms with Gasteiger partial charge in [-0.05, 0) is 30.5 Å². The summed E-state index contributed by atoms with van der Waals surface area (Å²) in [7, 11) is 0. The first-order valence-electron chi connectivity index (χ1n) is 8.47. The van der Waals surface area contributed by atoms with Crippen molar-refractivity contribution in [2.75, 3.05) is 11.9 Å². The number of rotatable bonds is 8. The largest absolute Gasteiger partial charge is 0.382 e. The number of carbonyl (C=O) groups excluding carboxylic acids is 2. The molecule has 5 nitrogen and oxygen atoms in total. The van der Waals surface area contributed by atoms with Crippen molar-refractivity contribution in [1.29, 1.82) is 0 Å². The Hall–Kier alpha value is -2.11. The van der Waals surface area contributed by atoms with Crippen LogP contribution >= 0.6 is 0 Å². The molecule has 1 aliphatic rings. The lowest BCUT2D eigenvalue weighted by atomic mass is 9.86. The van der Waals surface area contributed by atoms with Gasteiger partial charge in [0, 0.05) is 18.7 Å². The molecule has 0 saturated heterocycles. The average Bonchev–Trinajstić information content (AvgIpc) is 2.57. The van der Waals surface area contributed by atoms with Crippen LogP contribution in [0.3, 0.4) is 0 Å². The lowest BCUT2D eigenvalue weighted by molar-refractivity contribution is -0.125. The third-order valence-electron chi connectivity index (χ3n) is 4.36. The van der Waals surface area contributed by atoms with E-state index in [1.165, 1.54) is 31.4 Å². The summed E-state index contributed by atoms with van der Waals surface area (Å²) in [5.41, 5.74) is 5.87. The van der Waals surface area contributed by atoms with Crippen molar-refractivity contribution in [2.24, 2.45) is 11.7 Å². The zero-order chi connectivity index (χ0) is 17.4. The van der Waals surface area contributed by atoms with Gasteiger partial charge in [0.05, 0.1) is 0 Å². The lowest BCUT2D eigenvalue weighted by Gasteiger charge is -2.21. The molecule has 0 unspecified atom stereocenters. The van der Waals surface area contributed by atoms with Crippen LogP contribution in [-0.2, 0) is 9.59 Å². The van der Waals surface area contributed by atoms with Crippen molar-refractivity contribution in [1.82, 2.24) is 5.32 Å². The van der Waals surface area contributed by atoms with Crippen LogP contribution in [0.25, 0.3) is 0 Å². The van der Waals surface area contributed by atoms with Crippen LogP contribution in [0.15, 0.2) is 24.3 Å². The molecule has 4 N–H and O–H groups in total. The Morgan fingerprint density at radius 2 is 2.04 bits per heavy atom. The molecule has 1 saturated carbocycles. The Balaban J connectivity index is 1.77. The number of anilines is 1. The molecule has 2 amide bonds. The van der Waals surface area contributed by atoms with E-state index in [9.17, 15) is 14.0 Å². The molecule has 0 spiro atoms. The molecular formula is C18H25FN3O2. The summed E-state index contributed by atoms with van der Waals surface area (Å²) in [6, 6.07) is 5.04. The summed E-state index contributed by atoms with van der Waals surface area (Å²) in [6.07, 6.45) is 8.37. The van der Waals surface area contributed by atoms with Gasteiger partial charge >= 0.3 is 0 Å². The van der Waals surface area contributed by atoms with E-state index < -0.39 is 11.9 Å². The molecule has 131 valence electrons. The third-order valence-corrected chi connectivity index (χ3v) is 4.36. The van der Waals surface area contributed by atoms with Gasteiger partial charge in [0.15, 0.2) is 0 Å². The molecule has 1 aromatic carbocycles. The highest BCUT2D eigenvalue weighted by Crippen LogP contribution is 2.26. The zero-order valence-corrected chi connectivity index (χ0v) is 13.8. The van der Waals surface area contributed by atoms with Gasteiger partial charge in [0.1, 0.15) is 11.9 Å². The van der Waals surface area contributed by atoms with E-state index in [2.05, 4.69) is 10.6 Å². The van der Waals surface area contributed by atoms with E-state index in [1.807, 2.05) is 0 Å². The molecule has 1 fully saturated rings. The number of nitrogens with two attached hydrogens (primary N) is 1. The molecule has 0 bridgehead atoms. The van der Waals surface area contributed by atoms with Gasteiger partial charge in [-0.3, -0.25) is 9.59 Å². The molecule has 1 radical (unpaired) electrons. The number of nitrogens with one attached hydrogen (secondary N) is 2. The lowest BCUT2D eigenvalue weighted by Crippen LogP contribution is -2.48. The van der Waals surface area contributed by atoms with E-state index >= 15 is 0 Å². The fourth-order valence-corrected chi connectivity index (χ4v) is 2.97. The van der Waals surface area contributed by atoms with Gasteiger partial charge < -0.3 is 16.4 Å². The van der Waals surface area contributed by atoms with Crippen LogP contribution < -0.4 is 16.4 Å². The molecule has 1 aromatic rings.